The molecule has 0 heterocycles. The molecule has 2 rings (SSSR count). The molecule has 2 aromatic rings. The van der Waals surface area contributed by atoms with Crippen LogP contribution in [-0.4, -0.2) is 29.3 Å². The van der Waals surface area contributed by atoms with Crippen molar-refractivity contribution >= 4 is 5.91 Å². The van der Waals surface area contributed by atoms with E-state index in [9.17, 15) is 15.0 Å². The quantitative estimate of drug-likeness (QED) is 0.712. The van der Waals surface area contributed by atoms with Crippen molar-refractivity contribution in [1.29, 1.82) is 0 Å². The molecular weight excluding hydrogens is 306 g/mol. The number of nitrogens with one attached hydrogen (secondary N) is 1. The SMILES string of the molecule is Cc1ccc(OCC(=O)NCCc2cc(O)c(O)cc2C)cc1C. The summed E-state index contributed by atoms with van der Waals surface area (Å²) in [6.45, 7) is 6.26. The van der Waals surface area contributed by atoms with E-state index in [1.807, 2.05) is 39.0 Å². The Balaban J connectivity index is 1.79. The molecule has 0 bridgehead atoms. The van der Waals surface area contributed by atoms with Gasteiger partial charge in [-0.2, -0.15) is 0 Å². The molecule has 0 aliphatic rings. The first-order valence-corrected chi connectivity index (χ1v) is 7.85. The van der Waals surface area contributed by atoms with Gasteiger partial charge >= 0.3 is 0 Å². The zero-order valence-corrected chi connectivity index (χ0v) is 14.2. The van der Waals surface area contributed by atoms with Gasteiger partial charge in [0.1, 0.15) is 5.75 Å². The van der Waals surface area contributed by atoms with Crippen molar-refractivity contribution in [3.05, 3.63) is 52.6 Å². The van der Waals surface area contributed by atoms with Gasteiger partial charge in [-0.3, -0.25) is 4.79 Å². The van der Waals surface area contributed by atoms with Gasteiger partial charge in [-0.1, -0.05) is 6.07 Å². The lowest BCUT2D eigenvalue weighted by Gasteiger charge is -2.10. The number of phenols is 2. The maximum atomic E-state index is 11.8. The Hall–Kier alpha value is -2.69. The summed E-state index contributed by atoms with van der Waals surface area (Å²) >= 11 is 0. The van der Waals surface area contributed by atoms with Crippen LogP contribution in [0.3, 0.4) is 0 Å². The van der Waals surface area contributed by atoms with E-state index in [1.54, 1.807) is 0 Å². The predicted molar refractivity (Wildman–Crippen MR) is 92.6 cm³/mol. The minimum atomic E-state index is -0.200. The molecule has 0 unspecified atom stereocenters. The molecule has 0 atom stereocenters. The van der Waals surface area contributed by atoms with Crippen LogP contribution in [0.25, 0.3) is 0 Å². The number of phenolic OH excluding ortho intramolecular Hbond substituents is 2. The molecule has 0 aromatic heterocycles. The van der Waals surface area contributed by atoms with E-state index < -0.39 is 0 Å². The average molecular weight is 329 g/mol. The Morgan fingerprint density at radius 3 is 2.42 bits per heavy atom. The lowest BCUT2D eigenvalue weighted by atomic mass is 10.0. The van der Waals surface area contributed by atoms with E-state index in [-0.39, 0.29) is 24.0 Å². The van der Waals surface area contributed by atoms with Crippen molar-refractivity contribution in [3.63, 3.8) is 0 Å². The van der Waals surface area contributed by atoms with E-state index in [4.69, 9.17) is 4.74 Å². The van der Waals surface area contributed by atoms with Crippen LogP contribution in [0.2, 0.25) is 0 Å². The zero-order valence-electron chi connectivity index (χ0n) is 14.2. The van der Waals surface area contributed by atoms with Crippen molar-refractivity contribution < 1.29 is 19.7 Å². The highest BCUT2D eigenvalue weighted by Crippen LogP contribution is 2.28. The predicted octanol–water partition coefficient (Wildman–Crippen LogP) is 2.76. The lowest BCUT2D eigenvalue weighted by Crippen LogP contribution is -2.30. The summed E-state index contributed by atoms with van der Waals surface area (Å²) in [5, 5.41) is 21.7. The van der Waals surface area contributed by atoms with Gasteiger partial charge in [0.05, 0.1) is 0 Å². The molecule has 128 valence electrons. The summed E-state index contributed by atoms with van der Waals surface area (Å²) in [5.41, 5.74) is 4.04. The lowest BCUT2D eigenvalue weighted by molar-refractivity contribution is -0.123. The number of amides is 1. The van der Waals surface area contributed by atoms with Crippen molar-refractivity contribution in [2.24, 2.45) is 0 Å². The van der Waals surface area contributed by atoms with Crippen molar-refractivity contribution in [1.82, 2.24) is 5.32 Å². The first kappa shape index (κ1) is 17.7. The van der Waals surface area contributed by atoms with E-state index in [0.29, 0.717) is 18.7 Å². The molecule has 1 amide bonds. The van der Waals surface area contributed by atoms with E-state index in [1.165, 1.54) is 17.7 Å². The minimum Gasteiger partial charge on any atom is -0.504 e. The maximum Gasteiger partial charge on any atom is 0.257 e. The number of rotatable bonds is 6. The second-order valence-corrected chi connectivity index (χ2v) is 5.90. The number of hydrogen-bond acceptors (Lipinski definition) is 4. The smallest absolute Gasteiger partial charge is 0.257 e. The summed E-state index contributed by atoms with van der Waals surface area (Å²) < 4.78 is 5.48. The molecule has 5 heteroatoms. The number of aryl methyl sites for hydroxylation is 3. The van der Waals surface area contributed by atoms with Crippen LogP contribution in [-0.2, 0) is 11.2 Å². The van der Waals surface area contributed by atoms with Gasteiger partial charge in [0, 0.05) is 6.54 Å². The Bertz CT molecular complexity index is 740. The zero-order chi connectivity index (χ0) is 17.7. The highest BCUT2D eigenvalue weighted by atomic mass is 16.5. The normalized spacial score (nSPS) is 10.5. The summed E-state index contributed by atoms with van der Waals surface area (Å²) in [6, 6.07) is 8.74. The summed E-state index contributed by atoms with van der Waals surface area (Å²) in [5.74, 6) is 0.184. The second-order valence-electron chi connectivity index (χ2n) is 5.90. The average Bonchev–Trinajstić information content (AvgIpc) is 2.53. The van der Waals surface area contributed by atoms with Crippen LogP contribution < -0.4 is 10.1 Å². The van der Waals surface area contributed by atoms with E-state index in [0.717, 1.165) is 16.7 Å². The molecular formula is C19H23NO4. The van der Waals surface area contributed by atoms with Crippen LogP contribution in [0.15, 0.2) is 30.3 Å². The maximum absolute atomic E-state index is 11.8. The minimum absolute atomic E-state index is 0.0394. The Kier molecular flexibility index (Phi) is 5.68. The molecule has 3 N–H and O–H groups in total. The van der Waals surface area contributed by atoms with Crippen LogP contribution >= 0.6 is 0 Å². The monoisotopic (exact) mass is 329 g/mol. The number of aromatic hydroxyl groups is 2. The first-order chi connectivity index (χ1) is 11.4. The second kappa shape index (κ2) is 7.73. The summed E-state index contributed by atoms with van der Waals surface area (Å²) in [4.78, 5) is 11.8. The Labute approximate surface area is 141 Å². The Morgan fingerprint density at radius 1 is 1.00 bits per heavy atom. The topological polar surface area (TPSA) is 78.8 Å². The molecule has 24 heavy (non-hydrogen) atoms. The fraction of sp³-hybridized carbons (Fsp3) is 0.316. The third-order valence-electron chi connectivity index (χ3n) is 4.00. The molecule has 2 aromatic carbocycles. The van der Waals surface area contributed by atoms with Gasteiger partial charge in [-0.25, -0.2) is 0 Å². The highest BCUT2D eigenvalue weighted by molar-refractivity contribution is 5.77. The van der Waals surface area contributed by atoms with Crippen molar-refractivity contribution in [2.45, 2.75) is 27.2 Å². The number of carbonyl (C=O) groups excluding carboxylic acids is 1. The number of hydrogen-bond donors (Lipinski definition) is 3. The Morgan fingerprint density at radius 2 is 1.71 bits per heavy atom. The van der Waals surface area contributed by atoms with Crippen LogP contribution in [0.5, 0.6) is 17.2 Å². The molecule has 0 spiro atoms. The number of benzene rings is 2. The van der Waals surface area contributed by atoms with Gasteiger partial charge in [-0.15, -0.1) is 0 Å². The van der Waals surface area contributed by atoms with Crippen LogP contribution in [0.1, 0.15) is 22.3 Å². The van der Waals surface area contributed by atoms with Crippen LogP contribution in [0.4, 0.5) is 0 Å². The van der Waals surface area contributed by atoms with Gasteiger partial charge in [-0.05, 0) is 73.7 Å². The molecule has 0 fully saturated rings. The number of ether oxygens (including phenoxy) is 1. The first-order valence-electron chi connectivity index (χ1n) is 7.85. The third kappa shape index (κ3) is 4.65. The van der Waals surface area contributed by atoms with E-state index >= 15 is 0 Å². The van der Waals surface area contributed by atoms with E-state index in [2.05, 4.69) is 5.32 Å². The third-order valence-corrected chi connectivity index (χ3v) is 4.00. The fourth-order valence-electron chi connectivity index (χ4n) is 2.33. The molecule has 0 aliphatic carbocycles. The van der Waals surface area contributed by atoms with Gasteiger partial charge in [0.2, 0.25) is 0 Å². The molecule has 5 nitrogen and oxygen atoms in total. The number of carbonyl (C=O) groups is 1. The largest absolute Gasteiger partial charge is 0.504 e. The highest BCUT2D eigenvalue weighted by Gasteiger charge is 2.07. The molecule has 0 saturated carbocycles. The molecule has 0 aliphatic heterocycles. The molecule has 0 radical (unpaired) electrons. The van der Waals surface area contributed by atoms with Gasteiger partial charge in [0.15, 0.2) is 18.1 Å². The van der Waals surface area contributed by atoms with Crippen molar-refractivity contribution in [2.75, 3.05) is 13.2 Å². The van der Waals surface area contributed by atoms with Crippen molar-refractivity contribution in [3.8, 4) is 17.2 Å². The fourth-order valence-corrected chi connectivity index (χ4v) is 2.33. The van der Waals surface area contributed by atoms with Gasteiger partial charge in [0.25, 0.3) is 5.91 Å². The van der Waals surface area contributed by atoms with Crippen LogP contribution in [0, 0.1) is 20.8 Å². The standard InChI is InChI=1S/C19H23NO4/c1-12-4-5-16(8-13(12)2)24-11-19(23)20-7-6-15-10-18(22)17(21)9-14(15)3/h4-5,8-10,21-22H,6-7,11H2,1-3H3,(H,20,23). The summed E-state index contributed by atoms with van der Waals surface area (Å²) in [6.07, 6.45) is 0.565. The molecule has 0 saturated heterocycles. The van der Waals surface area contributed by atoms with Gasteiger partial charge < -0.3 is 20.3 Å². The summed E-state index contributed by atoms with van der Waals surface area (Å²) in [7, 11) is 0.